The van der Waals surface area contributed by atoms with Crippen molar-refractivity contribution in [3.8, 4) is 5.75 Å². The van der Waals surface area contributed by atoms with Crippen LogP contribution in [0.1, 0.15) is 50.7 Å². The molecule has 1 aromatic carbocycles. The minimum atomic E-state index is 0.517. The van der Waals surface area contributed by atoms with Crippen molar-refractivity contribution in [1.82, 2.24) is 0 Å². The molecule has 0 saturated heterocycles. The first-order valence-electron chi connectivity index (χ1n) is 7.00. The highest BCUT2D eigenvalue weighted by molar-refractivity contribution is 6.17. The molecule has 0 bridgehead atoms. The number of rotatable bonds is 8. The van der Waals surface area contributed by atoms with Gasteiger partial charge in [-0.1, -0.05) is 51.3 Å². The Hall–Kier alpha value is -0.690. The van der Waals surface area contributed by atoms with E-state index in [9.17, 15) is 0 Å². The molecule has 0 amide bonds. The van der Waals surface area contributed by atoms with Gasteiger partial charge in [0.1, 0.15) is 5.75 Å². The van der Waals surface area contributed by atoms with Crippen molar-refractivity contribution in [2.75, 3.05) is 6.61 Å². The lowest BCUT2D eigenvalue weighted by molar-refractivity contribution is 0.230. The predicted molar refractivity (Wildman–Crippen MR) is 79.5 cm³/mol. The Labute approximate surface area is 116 Å². The topological polar surface area (TPSA) is 9.23 Å². The number of alkyl halides is 1. The molecule has 18 heavy (non-hydrogen) atoms. The van der Waals surface area contributed by atoms with Gasteiger partial charge in [0, 0.05) is 5.56 Å². The van der Waals surface area contributed by atoms with E-state index in [0.717, 1.165) is 17.9 Å². The average Bonchev–Trinajstić information content (AvgIpc) is 2.40. The number of halogens is 1. The second-order valence-electron chi connectivity index (χ2n) is 4.92. The molecule has 1 rings (SSSR count). The molecular formula is C16H25ClO. The largest absolute Gasteiger partial charge is 0.493 e. The van der Waals surface area contributed by atoms with Gasteiger partial charge in [0.05, 0.1) is 12.5 Å². The number of hydrogen-bond donors (Lipinski definition) is 0. The molecule has 102 valence electrons. The number of para-hydroxylation sites is 1. The summed E-state index contributed by atoms with van der Waals surface area (Å²) in [7, 11) is 0. The fourth-order valence-electron chi connectivity index (χ4n) is 2.12. The highest BCUT2D eigenvalue weighted by Gasteiger charge is 2.10. The number of unbranched alkanes of at least 4 members (excludes halogenated alkanes) is 1. The van der Waals surface area contributed by atoms with Crippen LogP contribution in [-0.2, 0) is 5.88 Å². The summed E-state index contributed by atoms with van der Waals surface area (Å²) in [4.78, 5) is 0. The van der Waals surface area contributed by atoms with Crippen LogP contribution in [-0.4, -0.2) is 6.61 Å². The molecule has 1 atom stereocenters. The van der Waals surface area contributed by atoms with Crippen molar-refractivity contribution < 1.29 is 4.74 Å². The van der Waals surface area contributed by atoms with Gasteiger partial charge in [-0.05, 0) is 24.8 Å². The van der Waals surface area contributed by atoms with Gasteiger partial charge in [-0.25, -0.2) is 0 Å². The minimum Gasteiger partial charge on any atom is -0.493 e. The lowest BCUT2D eigenvalue weighted by atomic mass is 10.0. The third-order valence-corrected chi connectivity index (χ3v) is 3.73. The summed E-state index contributed by atoms with van der Waals surface area (Å²) in [5.74, 6) is 2.16. The molecule has 0 saturated carbocycles. The molecule has 0 radical (unpaired) electrons. The van der Waals surface area contributed by atoms with Crippen molar-refractivity contribution >= 4 is 11.6 Å². The second kappa shape index (κ2) is 8.42. The normalized spacial score (nSPS) is 12.4. The fraction of sp³-hybridized carbons (Fsp3) is 0.625. The van der Waals surface area contributed by atoms with E-state index in [0.29, 0.717) is 11.8 Å². The van der Waals surface area contributed by atoms with Gasteiger partial charge in [-0.3, -0.25) is 0 Å². The highest BCUT2D eigenvalue weighted by atomic mass is 35.5. The van der Waals surface area contributed by atoms with Gasteiger partial charge in [0.2, 0.25) is 0 Å². The quantitative estimate of drug-likeness (QED) is 0.579. The molecule has 0 fully saturated rings. The Kier molecular flexibility index (Phi) is 7.19. The Bertz CT molecular complexity index is 349. The maximum absolute atomic E-state index is 6.02. The Morgan fingerprint density at radius 1 is 1.28 bits per heavy atom. The zero-order chi connectivity index (χ0) is 13.4. The molecule has 1 unspecified atom stereocenters. The van der Waals surface area contributed by atoms with Crippen LogP contribution in [0.3, 0.4) is 0 Å². The van der Waals surface area contributed by atoms with Gasteiger partial charge < -0.3 is 4.74 Å². The first-order chi connectivity index (χ1) is 8.72. The molecule has 2 heteroatoms. The van der Waals surface area contributed by atoms with Crippen LogP contribution in [0.5, 0.6) is 5.75 Å². The van der Waals surface area contributed by atoms with E-state index >= 15 is 0 Å². The molecule has 0 heterocycles. The fourth-order valence-corrected chi connectivity index (χ4v) is 2.33. The molecule has 0 spiro atoms. The number of aryl methyl sites for hydroxylation is 1. The van der Waals surface area contributed by atoms with Crippen LogP contribution < -0.4 is 4.74 Å². The minimum absolute atomic E-state index is 0.517. The third kappa shape index (κ3) is 4.53. The summed E-state index contributed by atoms with van der Waals surface area (Å²) in [6.07, 6.45) is 4.99. The maximum atomic E-state index is 6.02. The summed E-state index contributed by atoms with van der Waals surface area (Å²) in [6.45, 7) is 7.37. The summed E-state index contributed by atoms with van der Waals surface area (Å²) >= 11 is 5.96. The predicted octanol–water partition coefficient (Wildman–Crippen LogP) is 5.33. The van der Waals surface area contributed by atoms with E-state index in [-0.39, 0.29) is 0 Å². The molecular weight excluding hydrogens is 244 g/mol. The summed E-state index contributed by atoms with van der Waals surface area (Å²) in [5.41, 5.74) is 2.28. The molecule has 0 aliphatic heterocycles. The third-order valence-electron chi connectivity index (χ3n) is 3.44. The highest BCUT2D eigenvalue weighted by Crippen LogP contribution is 2.26. The summed E-state index contributed by atoms with van der Waals surface area (Å²) in [6, 6.07) is 6.16. The zero-order valence-corrected chi connectivity index (χ0v) is 12.6. The molecule has 1 nitrogen and oxygen atoms in total. The zero-order valence-electron chi connectivity index (χ0n) is 11.8. The lowest BCUT2D eigenvalue weighted by Crippen LogP contribution is -2.12. The molecule has 0 N–H and O–H groups in total. The van der Waals surface area contributed by atoms with E-state index in [1.54, 1.807) is 0 Å². The standard InChI is InChI=1S/C16H25ClO/c1-4-6-9-14(5-2)12-18-16-13(3)8-7-10-15(16)11-17/h7-8,10,14H,4-6,9,11-12H2,1-3H3. The van der Waals surface area contributed by atoms with Gasteiger partial charge >= 0.3 is 0 Å². The van der Waals surface area contributed by atoms with Crippen LogP contribution in [0.15, 0.2) is 18.2 Å². The van der Waals surface area contributed by atoms with Crippen molar-refractivity contribution in [1.29, 1.82) is 0 Å². The van der Waals surface area contributed by atoms with Crippen molar-refractivity contribution in [2.45, 2.75) is 52.3 Å². The van der Waals surface area contributed by atoms with Crippen LogP contribution in [0, 0.1) is 12.8 Å². The average molecular weight is 269 g/mol. The number of ether oxygens (including phenoxy) is 1. The van der Waals surface area contributed by atoms with Crippen LogP contribution in [0.25, 0.3) is 0 Å². The first kappa shape index (κ1) is 15.4. The van der Waals surface area contributed by atoms with E-state index in [4.69, 9.17) is 16.3 Å². The van der Waals surface area contributed by atoms with E-state index in [2.05, 4.69) is 26.8 Å². The van der Waals surface area contributed by atoms with Gasteiger partial charge in [-0.2, -0.15) is 0 Å². The van der Waals surface area contributed by atoms with Crippen molar-refractivity contribution in [2.24, 2.45) is 5.92 Å². The Balaban J connectivity index is 2.61. The van der Waals surface area contributed by atoms with Crippen molar-refractivity contribution in [3.05, 3.63) is 29.3 Å². The van der Waals surface area contributed by atoms with Gasteiger partial charge in [-0.15, -0.1) is 11.6 Å². The molecule has 1 aromatic rings. The van der Waals surface area contributed by atoms with E-state index < -0.39 is 0 Å². The summed E-state index contributed by atoms with van der Waals surface area (Å²) in [5, 5.41) is 0. The van der Waals surface area contributed by atoms with Gasteiger partial charge in [0.25, 0.3) is 0 Å². The van der Waals surface area contributed by atoms with Crippen LogP contribution in [0.2, 0.25) is 0 Å². The van der Waals surface area contributed by atoms with Crippen LogP contribution >= 0.6 is 11.6 Å². The monoisotopic (exact) mass is 268 g/mol. The molecule has 0 aliphatic carbocycles. The lowest BCUT2D eigenvalue weighted by Gasteiger charge is -2.18. The molecule has 0 aliphatic rings. The SMILES string of the molecule is CCCCC(CC)COc1c(C)cccc1CCl. The van der Waals surface area contributed by atoms with Crippen LogP contribution in [0.4, 0.5) is 0 Å². The Morgan fingerprint density at radius 3 is 2.67 bits per heavy atom. The summed E-state index contributed by atoms with van der Waals surface area (Å²) < 4.78 is 6.02. The van der Waals surface area contributed by atoms with E-state index in [1.165, 1.54) is 31.2 Å². The first-order valence-corrected chi connectivity index (χ1v) is 7.53. The smallest absolute Gasteiger partial charge is 0.126 e. The van der Waals surface area contributed by atoms with Gasteiger partial charge in [0.15, 0.2) is 0 Å². The molecule has 0 aromatic heterocycles. The number of hydrogen-bond acceptors (Lipinski definition) is 1. The van der Waals surface area contributed by atoms with E-state index in [1.807, 2.05) is 12.1 Å². The maximum Gasteiger partial charge on any atom is 0.126 e. The van der Waals surface area contributed by atoms with Crippen molar-refractivity contribution in [3.63, 3.8) is 0 Å². The Morgan fingerprint density at radius 2 is 2.06 bits per heavy atom. The number of benzene rings is 1. The second-order valence-corrected chi connectivity index (χ2v) is 5.19.